The summed E-state index contributed by atoms with van der Waals surface area (Å²) in [5.74, 6) is -0.386. The number of nitrogens with one attached hydrogen (secondary N) is 1. The zero-order chi connectivity index (χ0) is 21.5. The summed E-state index contributed by atoms with van der Waals surface area (Å²) in [5, 5.41) is 19.1. The maximum atomic E-state index is 12.6. The van der Waals surface area contributed by atoms with E-state index in [9.17, 15) is 10.1 Å². The molecular weight excluding hydrogens is 404 g/mol. The Bertz CT molecular complexity index is 1220. The molecule has 2 aromatic heterocycles. The molecule has 2 aromatic carbocycles. The molecule has 4 aromatic rings. The van der Waals surface area contributed by atoms with Crippen molar-refractivity contribution in [2.75, 3.05) is 6.54 Å². The number of thiophene rings is 1. The Kier molecular flexibility index (Phi) is 6.36. The van der Waals surface area contributed by atoms with Gasteiger partial charge in [-0.25, -0.2) is 4.68 Å². The highest BCUT2D eigenvalue weighted by molar-refractivity contribution is 7.13. The van der Waals surface area contributed by atoms with Crippen LogP contribution in [0.5, 0.6) is 0 Å². The van der Waals surface area contributed by atoms with Crippen molar-refractivity contribution in [1.82, 2.24) is 15.1 Å². The van der Waals surface area contributed by atoms with E-state index in [-0.39, 0.29) is 11.5 Å². The van der Waals surface area contributed by atoms with Gasteiger partial charge in [-0.3, -0.25) is 4.79 Å². The number of nitriles is 1. The fourth-order valence-corrected chi connectivity index (χ4v) is 3.91. The lowest BCUT2D eigenvalue weighted by Crippen LogP contribution is -2.26. The van der Waals surface area contributed by atoms with E-state index < -0.39 is 0 Å². The summed E-state index contributed by atoms with van der Waals surface area (Å²) < 4.78 is 1.77. The minimum absolute atomic E-state index is 0.0541. The van der Waals surface area contributed by atoms with Crippen molar-refractivity contribution in [3.05, 3.63) is 101 Å². The maximum Gasteiger partial charge on any atom is 0.261 e. The van der Waals surface area contributed by atoms with Crippen LogP contribution in [0.2, 0.25) is 0 Å². The number of carbonyl (C=O) groups is 1. The van der Waals surface area contributed by atoms with E-state index in [1.54, 1.807) is 22.1 Å². The Hall–Kier alpha value is -3.95. The molecule has 0 atom stereocenters. The molecule has 0 saturated heterocycles. The number of hydrogen-bond donors (Lipinski definition) is 1. The lowest BCUT2D eigenvalue weighted by Gasteiger charge is -2.04. The first-order chi connectivity index (χ1) is 15.2. The lowest BCUT2D eigenvalue weighted by molar-refractivity contribution is -0.117. The smallest absolute Gasteiger partial charge is 0.261 e. The van der Waals surface area contributed by atoms with Gasteiger partial charge in [0, 0.05) is 18.3 Å². The van der Waals surface area contributed by atoms with Gasteiger partial charge in [-0.05, 0) is 41.6 Å². The van der Waals surface area contributed by atoms with Crippen molar-refractivity contribution in [1.29, 1.82) is 5.26 Å². The first kappa shape index (κ1) is 20.3. The Morgan fingerprint density at radius 3 is 2.48 bits per heavy atom. The van der Waals surface area contributed by atoms with Crippen LogP contribution in [-0.4, -0.2) is 22.2 Å². The predicted molar refractivity (Wildman–Crippen MR) is 124 cm³/mol. The summed E-state index contributed by atoms with van der Waals surface area (Å²) in [5.41, 5.74) is 3.56. The van der Waals surface area contributed by atoms with Crippen LogP contribution < -0.4 is 5.32 Å². The molecule has 0 aliphatic rings. The van der Waals surface area contributed by atoms with Gasteiger partial charge in [0.1, 0.15) is 17.3 Å². The van der Waals surface area contributed by atoms with Crippen LogP contribution >= 0.6 is 11.3 Å². The number of para-hydroxylation sites is 1. The van der Waals surface area contributed by atoms with E-state index in [1.165, 1.54) is 0 Å². The monoisotopic (exact) mass is 424 g/mol. The molecule has 6 heteroatoms. The average Bonchev–Trinajstić information content (AvgIpc) is 3.48. The number of carbonyl (C=O) groups excluding carboxylic acids is 1. The number of benzene rings is 2. The number of hydrogen-bond acceptors (Lipinski definition) is 4. The summed E-state index contributed by atoms with van der Waals surface area (Å²) in [6.45, 7) is 0.461. The van der Waals surface area contributed by atoms with Gasteiger partial charge in [0.25, 0.3) is 5.91 Å². The highest BCUT2D eigenvalue weighted by Gasteiger charge is 2.15. The molecule has 0 saturated carbocycles. The zero-order valence-electron chi connectivity index (χ0n) is 16.7. The van der Waals surface area contributed by atoms with Gasteiger partial charge >= 0.3 is 0 Å². The molecule has 0 aliphatic carbocycles. The van der Waals surface area contributed by atoms with Crippen molar-refractivity contribution < 1.29 is 4.79 Å². The normalized spacial score (nSPS) is 11.1. The molecule has 0 radical (unpaired) electrons. The average molecular weight is 425 g/mol. The van der Waals surface area contributed by atoms with Gasteiger partial charge in [-0.15, -0.1) is 11.3 Å². The van der Waals surface area contributed by atoms with Gasteiger partial charge in [0.2, 0.25) is 0 Å². The fraction of sp³-hybridized carbons (Fsp3) is 0.0800. The van der Waals surface area contributed by atoms with Gasteiger partial charge < -0.3 is 5.32 Å². The van der Waals surface area contributed by atoms with Crippen LogP contribution in [0.25, 0.3) is 22.3 Å². The van der Waals surface area contributed by atoms with E-state index in [2.05, 4.69) is 5.32 Å². The number of aromatic nitrogens is 2. The van der Waals surface area contributed by atoms with Crippen molar-refractivity contribution >= 4 is 23.3 Å². The zero-order valence-corrected chi connectivity index (χ0v) is 17.5. The standard InChI is InChI=1S/C25H20N4OS/c26-17-20(25(30)27-14-13-19-8-3-1-4-9-19)16-21-18-29(22-10-5-2-6-11-22)28-24(21)23-12-7-15-31-23/h1-12,15-16,18H,13-14H2,(H,27,30). The molecule has 0 fully saturated rings. The molecule has 0 unspecified atom stereocenters. The number of amides is 1. The van der Waals surface area contributed by atoms with Crippen molar-refractivity contribution in [2.24, 2.45) is 0 Å². The predicted octanol–water partition coefficient (Wildman–Crippen LogP) is 4.87. The third-order valence-electron chi connectivity index (χ3n) is 4.72. The molecule has 5 nitrogen and oxygen atoms in total. The van der Waals surface area contributed by atoms with E-state index in [0.717, 1.165) is 27.4 Å². The largest absolute Gasteiger partial charge is 0.351 e. The van der Waals surface area contributed by atoms with Gasteiger partial charge in [0.15, 0.2) is 0 Å². The van der Waals surface area contributed by atoms with Crippen molar-refractivity contribution in [3.63, 3.8) is 0 Å². The van der Waals surface area contributed by atoms with Crippen LogP contribution in [0.4, 0.5) is 0 Å². The molecule has 31 heavy (non-hydrogen) atoms. The Balaban J connectivity index is 1.58. The molecule has 0 aliphatic heterocycles. The van der Waals surface area contributed by atoms with Gasteiger partial charge in [-0.2, -0.15) is 10.4 Å². The molecular formula is C25H20N4OS. The summed E-state index contributed by atoms with van der Waals surface area (Å²) in [6, 6.07) is 25.6. The lowest BCUT2D eigenvalue weighted by atomic mass is 10.1. The third kappa shape index (κ3) is 4.97. The highest BCUT2D eigenvalue weighted by atomic mass is 32.1. The van der Waals surface area contributed by atoms with E-state index in [1.807, 2.05) is 90.4 Å². The van der Waals surface area contributed by atoms with Crippen LogP contribution in [0.1, 0.15) is 11.1 Å². The van der Waals surface area contributed by atoms with Crippen LogP contribution in [0.3, 0.4) is 0 Å². The first-order valence-corrected chi connectivity index (χ1v) is 10.8. The minimum atomic E-state index is -0.386. The molecule has 4 rings (SSSR count). The third-order valence-corrected chi connectivity index (χ3v) is 5.60. The number of rotatable bonds is 7. The second kappa shape index (κ2) is 9.70. The fourth-order valence-electron chi connectivity index (χ4n) is 3.18. The SMILES string of the molecule is N#CC(=Cc1cn(-c2ccccc2)nc1-c1cccs1)C(=O)NCCc1ccccc1. The molecule has 0 bridgehead atoms. The van der Waals surface area contributed by atoms with Crippen molar-refractivity contribution in [3.8, 4) is 22.3 Å². The summed E-state index contributed by atoms with van der Waals surface area (Å²) in [4.78, 5) is 13.6. The van der Waals surface area contributed by atoms with Crippen molar-refractivity contribution in [2.45, 2.75) is 6.42 Å². The Labute approximate surface area is 184 Å². The minimum Gasteiger partial charge on any atom is -0.351 e. The second-order valence-corrected chi connectivity index (χ2v) is 7.80. The molecule has 1 N–H and O–H groups in total. The topological polar surface area (TPSA) is 70.7 Å². The van der Waals surface area contributed by atoms with E-state index >= 15 is 0 Å². The molecule has 2 heterocycles. The first-order valence-electron chi connectivity index (χ1n) is 9.87. The summed E-state index contributed by atoms with van der Waals surface area (Å²) in [7, 11) is 0. The van der Waals surface area contributed by atoms with Crippen LogP contribution in [-0.2, 0) is 11.2 Å². The van der Waals surface area contributed by atoms with Gasteiger partial charge in [0.05, 0.1) is 10.6 Å². The van der Waals surface area contributed by atoms with Crippen LogP contribution in [0.15, 0.2) is 89.9 Å². The number of nitrogens with zero attached hydrogens (tertiary/aromatic N) is 3. The van der Waals surface area contributed by atoms with E-state index in [4.69, 9.17) is 5.10 Å². The quantitative estimate of drug-likeness (QED) is 0.340. The highest BCUT2D eigenvalue weighted by Crippen LogP contribution is 2.29. The summed E-state index contributed by atoms with van der Waals surface area (Å²) >= 11 is 1.56. The Morgan fingerprint density at radius 2 is 1.81 bits per heavy atom. The molecule has 1 amide bonds. The van der Waals surface area contributed by atoms with Crippen LogP contribution in [0, 0.1) is 11.3 Å². The van der Waals surface area contributed by atoms with Gasteiger partial charge in [-0.1, -0.05) is 54.6 Å². The maximum absolute atomic E-state index is 12.6. The molecule has 0 spiro atoms. The molecule has 152 valence electrons. The summed E-state index contributed by atoms with van der Waals surface area (Å²) in [6.07, 6.45) is 4.16. The Morgan fingerprint density at radius 1 is 1.06 bits per heavy atom. The second-order valence-electron chi connectivity index (χ2n) is 6.85. The van der Waals surface area contributed by atoms with E-state index in [0.29, 0.717) is 13.0 Å².